The molecule has 0 radical (unpaired) electrons. The first-order valence-electron chi connectivity index (χ1n) is 8.21. The number of benzene rings is 1. The molecule has 1 aromatic rings. The van der Waals surface area contributed by atoms with Crippen LogP contribution in [0.15, 0.2) is 18.2 Å². The molecule has 2 atom stereocenters. The molecule has 2 unspecified atom stereocenters. The summed E-state index contributed by atoms with van der Waals surface area (Å²) in [6, 6.07) is 7.89. The van der Waals surface area contributed by atoms with Crippen LogP contribution in [0.2, 0.25) is 0 Å². The molecule has 2 aliphatic carbocycles. The molecule has 1 nitrogen and oxygen atoms in total. The lowest BCUT2D eigenvalue weighted by Gasteiger charge is -2.31. The minimum absolute atomic E-state index is 0.756. The lowest BCUT2D eigenvalue weighted by atomic mass is 9.83. The maximum Gasteiger partial charge on any atom is 0.0208 e. The topological polar surface area (TPSA) is 12.0 Å². The Balaban J connectivity index is 1.59. The fourth-order valence-corrected chi connectivity index (χ4v) is 3.95. The van der Waals surface area contributed by atoms with Gasteiger partial charge in [-0.15, -0.1) is 0 Å². The Bertz CT molecular complexity index is 424. The van der Waals surface area contributed by atoms with E-state index in [1.54, 1.807) is 11.1 Å². The molecule has 0 spiro atoms. The van der Waals surface area contributed by atoms with Gasteiger partial charge in [0.15, 0.2) is 0 Å². The van der Waals surface area contributed by atoms with Crippen molar-refractivity contribution >= 4 is 0 Å². The van der Waals surface area contributed by atoms with E-state index in [0.29, 0.717) is 0 Å². The molecule has 1 fully saturated rings. The zero-order valence-electron chi connectivity index (χ0n) is 12.3. The lowest BCUT2D eigenvalue weighted by Crippen LogP contribution is -2.37. The standard InChI is InChI=1S/C18H27N/c1-2-15-6-3-4-9-18(15)19-13-14-10-11-16-7-5-8-17(16)12-14/h10-12,15,18-19H,2-9,13H2,1H3. The highest BCUT2D eigenvalue weighted by molar-refractivity contribution is 5.35. The summed E-state index contributed by atoms with van der Waals surface area (Å²) in [5, 5.41) is 3.83. The number of fused-ring (bicyclic) bond motifs is 1. The average Bonchev–Trinajstić information content (AvgIpc) is 2.93. The Morgan fingerprint density at radius 3 is 2.79 bits per heavy atom. The van der Waals surface area contributed by atoms with E-state index in [9.17, 15) is 0 Å². The fourth-order valence-electron chi connectivity index (χ4n) is 3.95. The summed E-state index contributed by atoms with van der Waals surface area (Å²) in [7, 11) is 0. The third-order valence-electron chi connectivity index (χ3n) is 5.16. The van der Waals surface area contributed by atoms with Crippen molar-refractivity contribution in [2.45, 2.75) is 70.9 Å². The zero-order valence-corrected chi connectivity index (χ0v) is 12.3. The van der Waals surface area contributed by atoms with E-state index in [4.69, 9.17) is 0 Å². The second-order valence-electron chi connectivity index (χ2n) is 6.40. The summed E-state index contributed by atoms with van der Waals surface area (Å²) in [5.41, 5.74) is 4.68. The first kappa shape index (κ1) is 13.2. The lowest BCUT2D eigenvalue weighted by molar-refractivity contribution is 0.254. The van der Waals surface area contributed by atoms with Gasteiger partial charge in [-0.1, -0.05) is 44.4 Å². The van der Waals surface area contributed by atoms with E-state index in [2.05, 4.69) is 30.4 Å². The summed E-state index contributed by atoms with van der Waals surface area (Å²) in [6.07, 6.45) is 10.9. The van der Waals surface area contributed by atoms with Crippen molar-refractivity contribution in [3.63, 3.8) is 0 Å². The smallest absolute Gasteiger partial charge is 0.0208 e. The second kappa shape index (κ2) is 6.09. The summed E-state index contributed by atoms with van der Waals surface area (Å²) in [4.78, 5) is 0. The van der Waals surface area contributed by atoms with Crippen molar-refractivity contribution in [3.8, 4) is 0 Å². The second-order valence-corrected chi connectivity index (χ2v) is 6.40. The van der Waals surface area contributed by atoms with Gasteiger partial charge in [0, 0.05) is 12.6 Å². The van der Waals surface area contributed by atoms with Crippen LogP contribution in [0.4, 0.5) is 0 Å². The molecule has 1 N–H and O–H groups in total. The van der Waals surface area contributed by atoms with Crippen molar-refractivity contribution in [2.24, 2.45) is 5.92 Å². The van der Waals surface area contributed by atoms with Gasteiger partial charge in [-0.2, -0.15) is 0 Å². The number of rotatable bonds is 4. The monoisotopic (exact) mass is 257 g/mol. The van der Waals surface area contributed by atoms with Crippen LogP contribution < -0.4 is 5.32 Å². The van der Waals surface area contributed by atoms with Gasteiger partial charge in [-0.05, 0) is 54.7 Å². The molecule has 0 bridgehead atoms. The van der Waals surface area contributed by atoms with Crippen molar-refractivity contribution in [3.05, 3.63) is 34.9 Å². The molecule has 0 saturated heterocycles. The fraction of sp³-hybridized carbons (Fsp3) is 0.667. The highest BCUT2D eigenvalue weighted by Crippen LogP contribution is 2.27. The number of hydrogen-bond acceptors (Lipinski definition) is 1. The molecule has 19 heavy (non-hydrogen) atoms. The molecular formula is C18H27N. The highest BCUT2D eigenvalue weighted by atomic mass is 14.9. The van der Waals surface area contributed by atoms with Gasteiger partial charge >= 0.3 is 0 Å². The van der Waals surface area contributed by atoms with Gasteiger partial charge in [0.05, 0.1) is 0 Å². The Morgan fingerprint density at radius 2 is 1.89 bits per heavy atom. The van der Waals surface area contributed by atoms with Crippen LogP contribution in [-0.2, 0) is 19.4 Å². The summed E-state index contributed by atoms with van der Waals surface area (Å²) < 4.78 is 0. The molecule has 2 aliphatic rings. The van der Waals surface area contributed by atoms with Crippen LogP contribution in [-0.4, -0.2) is 6.04 Å². The van der Waals surface area contributed by atoms with Crippen LogP contribution in [0.5, 0.6) is 0 Å². The highest BCUT2D eigenvalue weighted by Gasteiger charge is 2.23. The molecule has 0 heterocycles. The average molecular weight is 257 g/mol. The normalized spacial score (nSPS) is 26.4. The molecule has 0 aromatic heterocycles. The van der Waals surface area contributed by atoms with Crippen molar-refractivity contribution in [1.82, 2.24) is 5.32 Å². The van der Waals surface area contributed by atoms with Crippen molar-refractivity contribution in [1.29, 1.82) is 0 Å². The first-order chi connectivity index (χ1) is 9.36. The molecule has 1 heteroatoms. The summed E-state index contributed by atoms with van der Waals surface area (Å²) >= 11 is 0. The number of hydrogen-bond donors (Lipinski definition) is 1. The SMILES string of the molecule is CCC1CCCCC1NCc1ccc2c(c1)CCC2. The molecule has 1 aromatic carbocycles. The maximum absolute atomic E-state index is 3.83. The Kier molecular flexibility index (Phi) is 4.22. The minimum atomic E-state index is 0.756. The van der Waals surface area contributed by atoms with Crippen LogP contribution in [0.3, 0.4) is 0 Å². The molecule has 104 valence electrons. The first-order valence-corrected chi connectivity index (χ1v) is 8.21. The summed E-state index contributed by atoms with van der Waals surface area (Å²) in [5.74, 6) is 0.906. The Labute approximate surface area is 117 Å². The van der Waals surface area contributed by atoms with Gasteiger partial charge in [-0.25, -0.2) is 0 Å². The van der Waals surface area contributed by atoms with Crippen LogP contribution in [0.1, 0.15) is 62.1 Å². The van der Waals surface area contributed by atoms with Gasteiger partial charge in [0.25, 0.3) is 0 Å². The largest absolute Gasteiger partial charge is 0.310 e. The molecule has 3 rings (SSSR count). The summed E-state index contributed by atoms with van der Waals surface area (Å²) in [6.45, 7) is 3.41. The van der Waals surface area contributed by atoms with Gasteiger partial charge in [-0.3, -0.25) is 0 Å². The predicted octanol–water partition coefficient (Wildman–Crippen LogP) is 4.23. The van der Waals surface area contributed by atoms with Gasteiger partial charge in [0.2, 0.25) is 0 Å². The van der Waals surface area contributed by atoms with E-state index in [0.717, 1.165) is 18.5 Å². The quantitative estimate of drug-likeness (QED) is 0.851. The third kappa shape index (κ3) is 3.02. The van der Waals surface area contributed by atoms with Crippen molar-refractivity contribution < 1.29 is 0 Å². The number of nitrogens with one attached hydrogen (secondary N) is 1. The Hall–Kier alpha value is -0.820. The van der Waals surface area contributed by atoms with Crippen LogP contribution in [0.25, 0.3) is 0 Å². The third-order valence-corrected chi connectivity index (χ3v) is 5.16. The molecular weight excluding hydrogens is 230 g/mol. The van der Waals surface area contributed by atoms with E-state index in [1.165, 1.54) is 56.9 Å². The zero-order chi connectivity index (χ0) is 13.1. The minimum Gasteiger partial charge on any atom is -0.310 e. The molecule has 0 aliphatic heterocycles. The van der Waals surface area contributed by atoms with Crippen LogP contribution >= 0.6 is 0 Å². The van der Waals surface area contributed by atoms with E-state index < -0.39 is 0 Å². The van der Waals surface area contributed by atoms with Gasteiger partial charge in [0.1, 0.15) is 0 Å². The van der Waals surface area contributed by atoms with Gasteiger partial charge < -0.3 is 5.32 Å². The van der Waals surface area contributed by atoms with E-state index in [-0.39, 0.29) is 0 Å². The number of aryl methyl sites for hydroxylation is 2. The Morgan fingerprint density at radius 1 is 1.05 bits per heavy atom. The molecule has 1 saturated carbocycles. The van der Waals surface area contributed by atoms with E-state index >= 15 is 0 Å². The maximum atomic E-state index is 3.83. The predicted molar refractivity (Wildman–Crippen MR) is 81.3 cm³/mol. The van der Waals surface area contributed by atoms with E-state index in [1.807, 2.05) is 0 Å². The van der Waals surface area contributed by atoms with Crippen molar-refractivity contribution in [2.75, 3.05) is 0 Å². The van der Waals surface area contributed by atoms with Crippen LogP contribution in [0, 0.1) is 5.92 Å². The molecule has 0 amide bonds.